The summed E-state index contributed by atoms with van der Waals surface area (Å²) in [5.41, 5.74) is -0.0968. The fraction of sp³-hybridized carbons (Fsp3) is 0.154. The van der Waals surface area contributed by atoms with E-state index in [4.69, 9.17) is 10.2 Å². The molecule has 1 unspecified atom stereocenters. The van der Waals surface area contributed by atoms with Gasteiger partial charge in [-0.15, -0.1) is 0 Å². The Labute approximate surface area is 118 Å². The zero-order valence-corrected chi connectivity index (χ0v) is 10.9. The number of nitrogens with zero attached hydrogens (tertiary/aromatic N) is 2. The number of carbonyl (C=O) groups excluding carboxylic acids is 1. The summed E-state index contributed by atoms with van der Waals surface area (Å²) in [6.45, 7) is 0. The topological polar surface area (TPSA) is 104 Å². The molecule has 2 rings (SSSR count). The van der Waals surface area contributed by atoms with Gasteiger partial charge in [0.1, 0.15) is 11.6 Å². The number of aromatic nitrogens is 2. The van der Waals surface area contributed by atoms with Crippen LogP contribution in [-0.4, -0.2) is 31.9 Å². The van der Waals surface area contributed by atoms with Crippen LogP contribution in [0.5, 0.6) is 5.75 Å². The monoisotopic (exact) mass is 293 g/mol. The lowest BCUT2D eigenvalue weighted by atomic mass is 10.1. The lowest BCUT2D eigenvalue weighted by molar-refractivity contribution is -0.139. The normalized spacial score (nSPS) is 11.9. The van der Waals surface area contributed by atoms with Crippen LogP contribution in [0.25, 0.3) is 0 Å². The van der Waals surface area contributed by atoms with Gasteiger partial charge in [-0.25, -0.2) is 9.18 Å². The largest absolute Gasteiger partial charge is 0.508 e. The number of carboxylic acids is 1. The number of aryl methyl sites for hydroxylation is 1. The number of rotatable bonds is 4. The highest BCUT2D eigenvalue weighted by molar-refractivity contribution is 5.97. The number of carboxylic acid groups (broad SMARTS) is 1. The molecule has 0 bridgehead atoms. The molecule has 1 atom stereocenters. The van der Waals surface area contributed by atoms with Crippen LogP contribution in [0, 0.1) is 5.82 Å². The minimum atomic E-state index is -1.35. The molecule has 1 aromatic heterocycles. The third kappa shape index (κ3) is 3.16. The van der Waals surface area contributed by atoms with E-state index in [1.807, 2.05) is 0 Å². The Bertz CT molecular complexity index is 698. The number of benzene rings is 1. The van der Waals surface area contributed by atoms with Crippen LogP contribution in [0.1, 0.15) is 22.0 Å². The van der Waals surface area contributed by atoms with E-state index in [0.717, 1.165) is 18.2 Å². The molecule has 0 fully saturated rings. The molecule has 1 heterocycles. The van der Waals surface area contributed by atoms with E-state index in [1.54, 1.807) is 7.05 Å². The summed E-state index contributed by atoms with van der Waals surface area (Å²) in [4.78, 5) is 23.2. The number of hydrogen-bond acceptors (Lipinski definition) is 4. The van der Waals surface area contributed by atoms with E-state index in [9.17, 15) is 14.0 Å². The SMILES string of the molecule is Cn1cc(C(NC(=O)c2ccc(O)cc2F)C(=O)O)cn1. The van der Waals surface area contributed by atoms with Gasteiger partial charge in [0.25, 0.3) is 5.91 Å². The minimum absolute atomic E-state index is 0.262. The van der Waals surface area contributed by atoms with Crippen LogP contribution in [0.2, 0.25) is 0 Å². The summed E-state index contributed by atoms with van der Waals surface area (Å²) in [5.74, 6) is -3.46. The first-order valence-corrected chi connectivity index (χ1v) is 5.89. The van der Waals surface area contributed by atoms with Crippen molar-refractivity contribution in [3.8, 4) is 5.75 Å². The first-order chi connectivity index (χ1) is 9.88. The van der Waals surface area contributed by atoms with E-state index < -0.39 is 23.7 Å². The van der Waals surface area contributed by atoms with Gasteiger partial charge in [-0.2, -0.15) is 5.10 Å². The van der Waals surface area contributed by atoms with Gasteiger partial charge < -0.3 is 15.5 Å². The highest BCUT2D eigenvalue weighted by atomic mass is 19.1. The van der Waals surface area contributed by atoms with E-state index in [0.29, 0.717) is 0 Å². The van der Waals surface area contributed by atoms with E-state index >= 15 is 0 Å². The predicted octanol–water partition coefficient (Wildman–Crippen LogP) is 0.820. The van der Waals surface area contributed by atoms with E-state index in [-0.39, 0.29) is 16.9 Å². The summed E-state index contributed by atoms with van der Waals surface area (Å²) >= 11 is 0. The van der Waals surface area contributed by atoms with Crippen molar-refractivity contribution in [2.45, 2.75) is 6.04 Å². The molecule has 110 valence electrons. The average Bonchev–Trinajstić information content (AvgIpc) is 2.81. The zero-order valence-electron chi connectivity index (χ0n) is 10.9. The molecular formula is C13H12FN3O4. The highest BCUT2D eigenvalue weighted by Crippen LogP contribution is 2.17. The van der Waals surface area contributed by atoms with Crippen LogP contribution in [0.4, 0.5) is 4.39 Å². The molecule has 3 N–H and O–H groups in total. The summed E-state index contributed by atoms with van der Waals surface area (Å²) in [6, 6.07) is 1.63. The summed E-state index contributed by atoms with van der Waals surface area (Å²) in [7, 11) is 1.60. The molecule has 0 spiro atoms. The van der Waals surface area contributed by atoms with Gasteiger partial charge in [-0.3, -0.25) is 9.48 Å². The standard InChI is InChI=1S/C13H12FN3O4/c1-17-6-7(5-15-17)11(13(20)21)16-12(19)9-3-2-8(18)4-10(9)14/h2-6,11,18H,1H3,(H,16,19)(H,20,21). The maximum Gasteiger partial charge on any atom is 0.331 e. The second kappa shape index (κ2) is 5.61. The molecule has 2 aromatic rings. The van der Waals surface area contributed by atoms with Crippen molar-refractivity contribution in [2.24, 2.45) is 7.05 Å². The second-order valence-electron chi connectivity index (χ2n) is 4.36. The third-order valence-corrected chi connectivity index (χ3v) is 2.78. The second-order valence-corrected chi connectivity index (χ2v) is 4.36. The molecule has 7 nitrogen and oxygen atoms in total. The summed E-state index contributed by atoms with van der Waals surface area (Å²) in [6.07, 6.45) is 2.73. The molecule has 0 saturated carbocycles. The van der Waals surface area contributed by atoms with Crippen molar-refractivity contribution >= 4 is 11.9 Å². The molecule has 21 heavy (non-hydrogen) atoms. The predicted molar refractivity (Wildman–Crippen MR) is 69.1 cm³/mol. The van der Waals surface area contributed by atoms with Crippen molar-refractivity contribution in [1.29, 1.82) is 0 Å². The first kappa shape index (κ1) is 14.5. The number of phenols is 1. The lowest BCUT2D eigenvalue weighted by Gasteiger charge is -2.13. The average molecular weight is 293 g/mol. The van der Waals surface area contributed by atoms with Gasteiger partial charge >= 0.3 is 5.97 Å². The van der Waals surface area contributed by atoms with Gasteiger partial charge in [0.15, 0.2) is 6.04 Å². The fourth-order valence-corrected chi connectivity index (χ4v) is 1.77. The Balaban J connectivity index is 2.25. The molecule has 1 aromatic carbocycles. The molecule has 0 radical (unpaired) electrons. The maximum absolute atomic E-state index is 13.6. The highest BCUT2D eigenvalue weighted by Gasteiger charge is 2.25. The van der Waals surface area contributed by atoms with Gasteiger partial charge in [0, 0.05) is 24.9 Å². The van der Waals surface area contributed by atoms with Crippen molar-refractivity contribution in [1.82, 2.24) is 15.1 Å². The molecule has 0 aliphatic carbocycles. The number of carbonyl (C=O) groups is 2. The number of hydrogen-bond donors (Lipinski definition) is 3. The Morgan fingerprint density at radius 1 is 1.43 bits per heavy atom. The molecule has 0 aliphatic heterocycles. The quantitative estimate of drug-likeness (QED) is 0.774. The van der Waals surface area contributed by atoms with Gasteiger partial charge in [0.2, 0.25) is 0 Å². The first-order valence-electron chi connectivity index (χ1n) is 5.89. The number of amides is 1. The van der Waals surface area contributed by atoms with E-state index in [2.05, 4.69) is 10.4 Å². The van der Waals surface area contributed by atoms with Crippen LogP contribution in [-0.2, 0) is 11.8 Å². The Morgan fingerprint density at radius 2 is 2.14 bits per heavy atom. The van der Waals surface area contributed by atoms with Crippen molar-refractivity contribution in [3.63, 3.8) is 0 Å². The Kier molecular flexibility index (Phi) is 3.88. The molecule has 0 aliphatic rings. The van der Waals surface area contributed by atoms with Gasteiger partial charge in [-0.1, -0.05) is 0 Å². The van der Waals surface area contributed by atoms with Crippen molar-refractivity contribution < 1.29 is 24.2 Å². The minimum Gasteiger partial charge on any atom is -0.508 e. The third-order valence-electron chi connectivity index (χ3n) is 2.78. The summed E-state index contributed by atoms with van der Waals surface area (Å²) in [5, 5.41) is 24.3. The van der Waals surface area contributed by atoms with Crippen LogP contribution in [0.15, 0.2) is 30.6 Å². The van der Waals surface area contributed by atoms with Crippen LogP contribution in [0.3, 0.4) is 0 Å². The smallest absolute Gasteiger partial charge is 0.331 e. The molecule has 8 heteroatoms. The fourth-order valence-electron chi connectivity index (χ4n) is 1.77. The number of halogens is 1. The van der Waals surface area contributed by atoms with Crippen LogP contribution >= 0.6 is 0 Å². The Morgan fingerprint density at radius 3 is 2.67 bits per heavy atom. The van der Waals surface area contributed by atoms with Gasteiger partial charge in [-0.05, 0) is 12.1 Å². The Hall–Kier alpha value is -2.90. The molecular weight excluding hydrogens is 281 g/mol. The molecule has 1 amide bonds. The van der Waals surface area contributed by atoms with Crippen molar-refractivity contribution in [3.05, 3.63) is 47.5 Å². The maximum atomic E-state index is 13.6. The number of aliphatic carboxylic acids is 1. The number of aromatic hydroxyl groups is 1. The van der Waals surface area contributed by atoms with Crippen molar-refractivity contribution in [2.75, 3.05) is 0 Å². The number of nitrogens with one attached hydrogen (secondary N) is 1. The van der Waals surface area contributed by atoms with Crippen LogP contribution < -0.4 is 5.32 Å². The number of phenolic OH excluding ortho intramolecular Hbond substituents is 1. The lowest BCUT2D eigenvalue weighted by Crippen LogP contribution is -2.34. The molecule has 0 saturated heterocycles. The zero-order chi connectivity index (χ0) is 15.6. The van der Waals surface area contributed by atoms with Gasteiger partial charge in [0.05, 0.1) is 11.8 Å². The summed E-state index contributed by atoms with van der Waals surface area (Å²) < 4.78 is 15.0. The van der Waals surface area contributed by atoms with E-state index in [1.165, 1.54) is 17.1 Å².